The summed E-state index contributed by atoms with van der Waals surface area (Å²) in [6.07, 6.45) is 2.31. The Labute approximate surface area is 142 Å². The summed E-state index contributed by atoms with van der Waals surface area (Å²) in [5, 5.41) is 3.74. The van der Waals surface area contributed by atoms with E-state index < -0.39 is 10.0 Å². The lowest BCUT2D eigenvalue weighted by atomic mass is 10.1. The second-order valence-electron chi connectivity index (χ2n) is 6.17. The second-order valence-corrected chi connectivity index (χ2v) is 7.88. The van der Waals surface area contributed by atoms with Crippen LogP contribution in [0.3, 0.4) is 0 Å². The van der Waals surface area contributed by atoms with E-state index in [2.05, 4.69) is 14.8 Å². The summed E-state index contributed by atoms with van der Waals surface area (Å²) >= 11 is 0. The van der Waals surface area contributed by atoms with E-state index in [1.165, 1.54) is 0 Å². The molecule has 0 bridgehead atoms. The first-order chi connectivity index (χ1) is 11.5. The maximum atomic E-state index is 12.7. The van der Waals surface area contributed by atoms with E-state index in [0.29, 0.717) is 18.0 Å². The van der Waals surface area contributed by atoms with Crippen molar-refractivity contribution in [2.75, 3.05) is 19.6 Å². The topological polar surface area (TPSA) is 75.4 Å². The molecule has 0 amide bonds. The van der Waals surface area contributed by atoms with Gasteiger partial charge in [-0.25, -0.2) is 13.1 Å². The van der Waals surface area contributed by atoms with Gasteiger partial charge in [-0.05, 0) is 45.3 Å². The van der Waals surface area contributed by atoms with Gasteiger partial charge in [-0.2, -0.15) is 0 Å². The van der Waals surface area contributed by atoms with Crippen LogP contribution in [0.5, 0.6) is 0 Å². The van der Waals surface area contributed by atoms with E-state index in [1.807, 2.05) is 30.3 Å². The van der Waals surface area contributed by atoms with Gasteiger partial charge in [0.1, 0.15) is 10.6 Å². The average molecular weight is 349 g/mol. The Hall–Kier alpha value is -1.70. The Morgan fingerprint density at radius 1 is 1.21 bits per heavy atom. The average Bonchev–Trinajstić information content (AvgIpc) is 3.19. The molecular formula is C17H23N3O3S. The van der Waals surface area contributed by atoms with Crippen molar-refractivity contribution in [1.29, 1.82) is 0 Å². The molecule has 2 aromatic rings. The fraction of sp³-hybridized carbons (Fsp3) is 0.471. The molecule has 6 nitrogen and oxygen atoms in total. The van der Waals surface area contributed by atoms with Crippen molar-refractivity contribution >= 4 is 10.0 Å². The monoisotopic (exact) mass is 349 g/mol. The molecule has 1 aromatic heterocycles. The zero-order valence-electron chi connectivity index (χ0n) is 14.0. The van der Waals surface area contributed by atoms with Gasteiger partial charge >= 0.3 is 0 Å². The number of hydrogen-bond donors (Lipinski definition) is 1. The molecule has 1 atom stereocenters. The first kappa shape index (κ1) is 17.1. The first-order valence-corrected chi connectivity index (χ1v) is 9.69. The Bertz CT molecular complexity index is 761. The summed E-state index contributed by atoms with van der Waals surface area (Å²) in [5.74, 6) is 0.317. The van der Waals surface area contributed by atoms with Crippen LogP contribution in [0, 0.1) is 13.8 Å². The Balaban J connectivity index is 1.81. The zero-order valence-corrected chi connectivity index (χ0v) is 14.8. The molecule has 1 unspecified atom stereocenters. The summed E-state index contributed by atoms with van der Waals surface area (Å²) in [7, 11) is -3.64. The Morgan fingerprint density at radius 2 is 1.88 bits per heavy atom. The van der Waals surface area contributed by atoms with Gasteiger partial charge in [-0.1, -0.05) is 35.5 Å². The minimum Gasteiger partial charge on any atom is -0.360 e. The normalized spacial score (nSPS) is 17.2. The predicted molar refractivity (Wildman–Crippen MR) is 91.2 cm³/mol. The molecule has 7 heteroatoms. The van der Waals surface area contributed by atoms with E-state index in [4.69, 9.17) is 4.52 Å². The molecule has 1 saturated heterocycles. The third-order valence-electron chi connectivity index (χ3n) is 4.47. The molecular weight excluding hydrogens is 326 g/mol. The number of hydrogen-bond acceptors (Lipinski definition) is 5. The van der Waals surface area contributed by atoms with Gasteiger partial charge in [0.2, 0.25) is 10.0 Å². The molecule has 1 fully saturated rings. The van der Waals surface area contributed by atoms with Crippen LogP contribution in [0.25, 0.3) is 0 Å². The number of likely N-dealkylation sites (tertiary alicyclic amines) is 1. The molecule has 1 aromatic carbocycles. The van der Waals surface area contributed by atoms with E-state index in [1.54, 1.807) is 13.8 Å². The highest BCUT2D eigenvalue weighted by Crippen LogP contribution is 2.25. The second kappa shape index (κ2) is 7.04. The molecule has 0 aliphatic carbocycles. The molecule has 2 heterocycles. The number of sulfonamides is 1. The van der Waals surface area contributed by atoms with Gasteiger partial charge in [-0.3, -0.25) is 4.90 Å². The minimum absolute atomic E-state index is 0.0314. The Morgan fingerprint density at radius 3 is 2.46 bits per heavy atom. The molecule has 0 spiro atoms. The van der Waals surface area contributed by atoms with Crippen LogP contribution in [0.2, 0.25) is 0 Å². The molecule has 0 radical (unpaired) electrons. The highest BCUT2D eigenvalue weighted by molar-refractivity contribution is 7.89. The fourth-order valence-electron chi connectivity index (χ4n) is 3.31. The highest BCUT2D eigenvalue weighted by Gasteiger charge is 2.28. The van der Waals surface area contributed by atoms with Crippen LogP contribution in [-0.4, -0.2) is 38.1 Å². The van der Waals surface area contributed by atoms with E-state index in [-0.39, 0.29) is 10.9 Å². The van der Waals surface area contributed by atoms with Crippen molar-refractivity contribution < 1.29 is 12.9 Å². The van der Waals surface area contributed by atoms with Crippen LogP contribution >= 0.6 is 0 Å². The molecule has 0 saturated carbocycles. The van der Waals surface area contributed by atoms with Gasteiger partial charge in [0.25, 0.3) is 0 Å². The summed E-state index contributed by atoms with van der Waals surface area (Å²) in [4.78, 5) is 2.49. The number of nitrogens with one attached hydrogen (secondary N) is 1. The summed E-state index contributed by atoms with van der Waals surface area (Å²) < 4.78 is 33.1. The van der Waals surface area contributed by atoms with Crippen molar-refractivity contribution in [3.63, 3.8) is 0 Å². The molecule has 1 aliphatic rings. The summed E-state index contributed by atoms with van der Waals surface area (Å²) in [6, 6.07) is 10.1. The van der Waals surface area contributed by atoms with Crippen LogP contribution in [0.4, 0.5) is 0 Å². The SMILES string of the molecule is Cc1noc(C)c1S(=O)(=O)NCC(c1ccccc1)N1CCCC1. The van der Waals surface area contributed by atoms with Crippen molar-refractivity contribution in [3.8, 4) is 0 Å². The Kier molecular flexibility index (Phi) is 5.03. The largest absolute Gasteiger partial charge is 0.360 e. The van der Waals surface area contributed by atoms with Gasteiger partial charge in [0.05, 0.1) is 0 Å². The first-order valence-electron chi connectivity index (χ1n) is 8.20. The third-order valence-corrected chi connectivity index (χ3v) is 6.14. The van der Waals surface area contributed by atoms with E-state index in [0.717, 1.165) is 31.5 Å². The lowest BCUT2D eigenvalue weighted by Gasteiger charge is -2.28. The van der Waals surface area contributed by atoms with E-state index >= 15 is 0 Å². The molecule has 24 heavy (non-hydrogen) atoms. The number of rotatable bonds is 6. The van der Waals surface area contributed by atoms with Gasteiger partial charge in [0, 0.05) is 12.6 Å². The van der Waals surface area contributed by atoms with Gasteiger partial charge in [0.15, 0.2) is 5.76 Å². The predicted octanol–water partition coefficient (Wildman–Crippen LogP) is 2.41. The van der Waals surface area contributed by atoms with E-state index in [9.17, 15) is 8.42 Å². The van der Waals surface area contributed by atoms with Crippen molar-refractivity contribution in [2.45, 2.75) is 37.6 Å². The third kappa shape index (κ3) is 3.53. The summed E-state index contributed by atoms with van der Waals surface area (Å²) in [6.45, 7) is 5.57. The molecule has 3 rings (SSSR count). The van der Waals surface area contributed by atoms with Crippen molar-refractivity contribution in [3.05, 3.63) is 47.3 Å². The quantitative estimate of drug-likeness (QED) is 0.867. The lowest BCUT2D eigenvalue weighted by Crippen LogP contribution is -2.37. The van der Waals surface area contributed by atoms with Crippen molar-refractivity contribution in [2.24, 2.45) is 0 Å². The van der Waals surface area contributed by atoms with Crippen LogP contribution in [0.15, 0.2) is 39.8 Å². The molecule has 130 valence electrons. The number of nitrogens with zero attached hydrogens (tertiary/aromatic N) is 2. The van der Waals surface area contributed by atoms with Crippen LogP contribution in [-0.2, 0) is 10.0 Å². The standard InChI is InChI=1S/C17H23N3O3S/c1-13-17(14(2)23-19-13)24(21,22)18-12-16(20-10-6-7-11-20)15-8-4-3-5-9-15/h3-5,8-9,16,18H,6-7,10-12H2,1-2H3. The fourth-order valence-corrected chi connectivity index (χ4v) is 4.67. The highest BCUT2D eigenvalue weighted by atomic mass is 32.2. The van der Waals surface area contributed by atoms with Gasteiger partial charge < -0.3 is 4.52 Å². The number of aromatic nitrogens is 1. The maximum absolute atomic E-state index is 12.7. The summed E-state index contributed by atoms with van der Waals surface area (Å²) in [5.41, 5.74) is 1.51. The molecule has 1 N–H and O–H groups in total. The smallest absolute Gasteiger partial charge is 0.246 e. The number of benzene rings is 1. The molecule has 1 aliphatic heterocycles. The lowest BCUT2D eigenvalue weighted by molar-refractivity contribution is 0.246. The van der Waals surface area contributed by atoms with Gasteiger partial charge in [-0.15, -0.1) is 0 Å². The maximum Gasteiger partial charge on any atom is 0.246 e. The van der Waals surface area contributed by atoms with Crippen LogP contribution in [0.1, 0.15) is 35.9 Å². The van der Waals surface area contributed by atoms with Crippen LogP contribution < -0.4 is 4.72 Å². The number of aryl methyl sites for hydroxylation is 2. The minimum atomic E-state index is -3.64. The zero-order chi connectivity index (χ0) is 17.2. The van der Waals surface area contributed by atoms with Crippen molar-refractivity contribution in [1.82, 2.24) is 14.8 Å².